The third-order valence-electron chi connectivity index (χ3n) is 4.93. The van der Waals surface area contributed by atoms with Crippen LogP contribution in [0.25, 0.3) is 0 Å². The van der Waals surface area contributed by atoms with Crippen molar-refractivity contribution < 1.29 is 18.4 Å². The van der Waals surface area contributed by atoms with Crippen LogP contribution in [-0.2, 0) is 22.4 Å². The number of amides is 2. The Balaban J connectivity index is 1.52. The highest BCUT2D eigenvalue weighted by atomic mass is 19.1. The molecule has 154 valence electrons. The molecule has 3 rings (SSSR count). The maximum atomic E-state index is 13.6. The molecule has 2 N–H and O–H groups in total. The first-order chi connectivity index (χ1) is 14.0. The second kappa shape index (κ2) is 9.49. The smallest absolute Gasteiger partial charge is 0.313 e. The minimum atomic E-state index is -1.03. The molecule has 0 aliphatic carbocycles. The lowest BCUT2D eigenvalue weighted by Crippen LogP contribution is -2.36. The second-order valence-electron chi connectivity index (χ2n) is 7.14. The molecule has 1 heterocycles. The molecule has 1 aliphatic heterocycles. The van der Waals surface area contributed by atoms with Gasteiger partial charge in [0.25, 0.3) is 0 Å². The van der Waals surface area contributed by atoms with E-state index in [0.29, 0.717) is 6.42 Å². The number of benzene rings is 2. The minimum absolute atomic E-state index is 0.273. The van der Waals surface area contributed by atoms with E-state index in [1.165, 1.54) is 11.3 Å². The van der Waals surface area contributed by atoms with Crippen LogP contribution >= 0.6 is 0 Å². The Morgan fingerprint density at radius 2 is 1.93 bits per heavy atom. The Labute approximate surface area is 169 Å². The van der Waals surface area contributed by atoms with Crippen LogP contribution in [0, 0.1) is 11.6 Å². The largest absolute Gasteiger partial charge is 0.371 e. The minimum Gasteiger partial charge on any atom is -0.371 e. The SMILES string of the molecule is CCCN1CCCc2cc(CCNC(=O)C(=O)Nc3cc(F)ccc3F)ccc21. The Morgan fingerprint density at radius 3 is 2.72 bits per heavy atom. The number of halogens is 2. The highest BCUT2D eigenvalue weighted by Gasteiger charge is 2.18. The fourth-order valence-corrected chi connectivity index (χ4v) is 3.56. The lowest BCUT2D eigenvalue weighted by atomic mass is 9.98. The van der Waals surface area contributed by atoms with Gasteiger partial charge in [0, 0.05) is 31.4 Å². The Hall–Kier alpha value is -2.96. The average molecular weight is 401 g/mol. The van der Waals surface area contributed by atoms with E-state index in [-0.39, 0.29) is 12.2 Å². The van der Waals surface area contributed by atoms with E-state index in [1.807, 2.05) is 6.07 Å². The molecule has 0 radical (unpaired) electrons. The van der Waals surface area contributed by atoms with E-state index in [2.05, 4.69) is 34.6 Å². The van der Waals surface area contributed by atoms with Crippen LogP contribution in [0.4, 0.5) is 20.2 Å². The van der Waals surface area contributed by atoms with E-state index in [4.69, 9.17) is 0 Å². The summed E-state index contributed by atoms with van der Waals surface area (Å²) in [7, 11) is 0. The van der Waals surface area contributed by atoms with Crippen molar-refractivity contribution in [3.8, 4) is 0 Å². The number of nitrogens with zero attached hydrogens (tertiary/aromatic N) is 1. The lowest BCUT2D eigenvalue weighted by Gasteiger charge is -2.31. The molecule has 0 saturated carbocycles. The maximum Gasteiger partial charge on any atom is 0.313 e. The van der Waals surface area contributed by atoms with Crippen molar-refractivity contribution >= 4 is 23.2 Å². The summed E-state index contributed by atoms with van der Waals surface area (Å²) in [6.07, 6.45) is 3.85. The van der Waals surface area contributed by atoms with E-state index < -0.39 is 23.4 Å². The van der Waals surface area contributed by atoms with Gasteiger partial charge in [-0.3, -0.25) is 9.59 Å². The quantitative estimate of drug-likeness (QED) is 0.729. The second-order valence-corrected chi connectivity index (χ2v) is 7.14. The van der Waals surface area contributed by atoms with Gasteiger partial charge in [0.2, 0.25) is 0 Å². The third kappa shape index (κ3) is 5.31. The van der Waals surface area contributed by atoms with Crippen molar-refractivity contribution in [2.24, 2.45) is 0 Å². The molecule has 0 bridgehead atoms. The normalized spacial score (nSPS) is 13.0. The molecular formula is C22H25F2N3O2. The molecule has 0 fully saturated rings. The number of fused-ring (bicyclic) bond motifs is 1. The number of carbonyl (C=O) groups is 2. The molecule has 0 atom stereocenters. The van der Waals surface area contributed by atoms with Crippen LogP contribution < -0.4 is 15.5 Å². The summed E-state index contributed by atoms with van der Waals surface area (Å²) in [6.45, 7) is 4.57. The van der Waals surface area contributed by atoms with Crippen LogP contribution in [0.3, 0.4) is 0 Å². The summed E-state index contributed by atoms with van der Waals surface area (Å²) in [5.74, 6) is -3.43. The molecule has 0 unspecified atom stereocenters. The molecule has 29 heavy (non-hydrogen) atoms. The van der Waals surface area contributed by atoms with Crippen molar-refractivity contribution in [2.45, 2.75) is 32.6 Å². The van der Waals surface area contributed by atoms with Gasteiger partial charge in [0.1, 0.15) is 11.6 Å². The van der Waals surface area contributed by atoms with Crippen LogP contribution in [-0.4, -0.2) is 31.4 Å². The number of carbonyl (C=O) groups excluding carboxylic acids is 2. The highest BCUT2D eigenvalue weighted by Crippen LogP contribution is 2.28. The molecule has 2 amide bonds. The number of rotatable bonds is 6. The van der Waals surface area contributed by atoms with Gasteiger partial charge < -0.3 is 15.5 Å². The number of hydrogen-bond acceptors (Lipinski definition) is 3. The molecule has 5 nitrogen and oxygen atoms in total. The zero-order valence-corrected chi connectivity index (χ0v) is 16.4. The average Bonchev–Trinajstić information content (AvgIpc) is 2.71. The first-order valence-corrected chi connectivity index (χ1v) is 9.89. The van der Waals surface area contributed by atoms with E-state index in [9.17, 15) is 18.4 Å². The van der Waals surface area contributed by atoms with Gasteiger partial charge in [-0.2, -0.15) is 0 Å². The third-order valence-corrected chi connectivity index (χ3v) is 4.93. The number of anilines is 2. The van der Waals surface area contributed by atoms with Crippen molar-refractivity contribution in [1.82, 2.24) is 5.32 Å². The monoisotopic (exact) mass is 401 g/mol. The maximum absolute atomic E-state index is 13.6. The predicted molar refractivity (Wildman–Crippen MR) is 109 cm³/mol. The number of nitrogens with one attached hydrogen (secondary N) is 2. The topological polar surface area (TPSA) is 61.4 Å². The van der Waals surface area contributed by atoms with Crippen molar-refractivity contribution in [3.05, 3.63) is 59.2 Å². The first-order valence-electron chi connectivity index (χ1n) is 9.89. The van der Waals surface area contributed by atoms with Crippen LogP contribution in [0.5, 0.6) is 0 Å². The summed E-state index contributed by atoms with van der Waals surface area (Å²) in [6, 6.07) is 8.98. The lowest BCUT2D eigenvalue weighted by molar-refractivity contribution is -0.136. The van der Waals surface area contributed by atoms with Crippen LogP contribution in [0.15, 0.2) is 36.4 Å². The zero-order valence-electron chi connectivity index (χ0n) is 16.4. The molecule has 0 spiro atoms. The zero-order chi connectivity index (χ0) is 20.8. The summed E-state index contributed by atoms with van der Waals surface area (Å²) in [4.78, 5) is 26.2. The van der Waals surface area contributed by atoms with Crippen LogP contribution in [0.2, 0.25) is 0 Å². The van der Waals surface area contributed by atoms with Crippen LogP contribution in [0.1, 0.15) is 30.9 Å². The summed E-state index contributed by atoms with van der Waals surface area (Å²) >= 11 is 0. The van der Waals surface area contributed by atoms with Crippen molar-refractivity contribution in [2.75, 3.05) is 29.9 Å². The standard InChI is InChI=1S/C22H25F2N3O2/c1-2-11-27-12-3-4-16-13-15(5-8-20(16)27)9-10-25-21(28)22(29)26-19-14-17(23)6-7-18(19)24/h5-8,13-14H,2-4,9-12H2,1H3,(H,25,28)(H,26,29). The van der Waals surface area contributed by atoms with Crippen molar-refractivity contribution in [1.29, 1.82) is 0 Å². The molecule has 2 aromatic carbocycles. The van der Waals surface area contributed by atoms with Gasteiger partial charge in [0.05, 0.1) is 5.69 Å². The van der Waals surface area contributed by atoms with Gasteiger partial charge in [0.15, 0.2) is 0 Å². The van der Waals surface area contributed by atoms with Gasteiger partial charge in [-0.1, -0.05) is 19.1 Å². The van der Waals surface area contributed by atoms with E-state index >= 15 is 0 Å². The summed E-state index contributed by atoms with van der Waals surface area (Å²) in [5.41, 5.74) is 3.31. The van der Waals surface area contributed by atoms with Gasteiger partial charge in [-0.15, -0.1) is 0 Å². The molecule has 7 heteroatoms. The molecule has 0 saturated heterocycles. The Kier molecular flexibility index (Phi) is 6.80. The summed E-state index contributed by atoms with van der Waals surface area (Å²) < 4.78 is 26.7. The highest BCUT2D eigenvalue weighted by molar-refractivity contribution is 6.39. The van der Waals surface area contributed by atoms with E-state index in [0.717, 1.165) is 56.1 Å². The van der Waals surface area contributed by atoms with Gasteiger partial charge in [-0.25, -0.2) is 8.78 Å². The first kappa shape index (κ1) is 20.8. The fourth-order valence-electron chi connectivity index (χ4n) is 3.56. The predicted octanol–water partition coefficient (Wildman–Crippen LogP) is 3.42. The van der Waals surface area contributed by atoms with E-state index in [1.54, 1.807) is 0 Å². The Bertz CT molecular complexity index is 902. The molecule has 0 aromatic heterocycles. The summed E-state index contributed by atoms with van der Waals surface area (Å²) in [5, 5.41) is 4.60. The number of hydrogen-bond donors (Lipinski definition) is 2. The molecule has 1 aliphatic rings. The Morgan fingerprint density at radius 1 is 1.10 bits per heavy atom. The number of aryl methyl sites for hydroxylation is 1. The molecule has 2 aromatic rings. The van der Waals surface area contributed by atoms with Gasteiger partial charge in [-0.05, 0) is 55.0 Å². The molecular weight excluding hydrogens is 376 g/mol. The fraction of sp³-hybridized carbons (Fsp3) is 0.364. The van der Waals surface area contributed by atoms with Gasteiger partial charge >= 0.3 is 11.8 Å². The van der Waals surface area contributed by atoms with Crippen molar-refractivity contribution in [3.63, 3.8) is 0 Å².